The highest BCUT2D eigenvalue weighted by Crippen LogP contribution is 2.14. The summed E-state index contributed by atoms with van der Waals surface area (Å²) in [6, 6.07) is 7.61. The predicted molar refractivity (Wildman–Crippen MR) is 56.4 cm³/mol. The molecule has 0 saturated heterocycles. The average molecular weight is 204 g/mol. The summed E-state index contributed by atoms with van der Waals surface area (Å²) in [6.07, 6.45) is 0.619. The Morgan fingerprint density at radius 2 is 2.27 bits per heavy atom. The smallest absolute Gasteiger partial charge is 0.216 e. The molecular formula is C11H12N2O2. The van der Waals surface area contributed by atoms with Crippen molar-refractivity contribution in [1.82, 2.24) is 10.3 Å². The van der Waals surface area contributed by atoms with Gasteiger partial charge >= 0.3 is 0 Å². The molecule has 2 rings (SSSR count). The number of hydrogen-bond donors (Lipinski definition) is 1. The number of nitrogens with zero attached hydrogens (tertiary/aromatic N) is 1. The van der Waals surface area contributed by atoms with Crippen LogP contribution in [0.3, 0.4) is 0 Å². The van der Waals surface area contributed by atoms with Gasteiger partial charge in [-0.1, -0.05) is 12.1 Å². The van der Waals surface area contributed by atoms with Gasteiger partial charge in [0.1, 0.15) is 5.52 Å². The second kappa shape index (κ2) is 4.13. The Kier molecular flexibility index (Phi) is 2.67. The summed E-state index contributed by atoms with van der Waals surface area (Å²) in [5, 5.41) is 2.70. The van der Waals surface area contributed by atoms with Gasteiger partial charge in [0, 0.05) is 19.9 Å². The molecule has 0 bridgehead atoms. The van der Waals surface area contributed by atoms with Gasteiger partial charge in [0.15, 0.2) is 11.5 Å². The maximum absolute atomic E-state index is 10.6. The maximum atomic E-state index is 10.6. The molecule has 1 N–H and O–H groups in total. The van der Waals surface area contributed by atoms with Crippen molar-refractivity contribution in [3.63, 3.8) is 0 Å². The number of carbonyl (C=O) groups is 1. The number of aromatic nitrogens is 1. The first-order valence-corrected chi connectivity index (χ1v) is 4.84. The maximum Gasteiger partial charge on any atom is 0.216 e. The molecule has 1 amide bonds. The normalized spacial score (nSPS) is 10.5. The van der Waals surface area contributed by atoms with E-state index in [1.165, 1.54) is 6.92 Å². The first-order valence-electron chi connectivity index (χ1n) is 4.84. The quantitative estimate of drug-likeness (QED) is 0.824. The van der Waals surface area contributed by atoms with Crippen LogP contribution in [0.2, 0.25) is 0 Å². The Morgan fingerprint density at radius 1 is 1.47 bits per heavy atom. The van der Waals surface area contributed by atoms with Crippen LogP contribution >= 0.6 is 0 Å². The lowest BCUT2D eigenvalue weighted by Gasteiger charge is -1.96. The van der Waals surface area contributed by atoms with E-state index in [-0.39, 0.29) is 5.91 Å². The molecular weight excluding hydrogens is 192 g/mol. The molecule has 0 atom stereocenters. The molecule has 0 spiro atoms. The average Bonchev–Trinajstić information content (AvgIpc) is 2.59. The molecule has 0 aliphatic carbocycles. The summed E-state index contributed by atoms with van der Waals surface area (Å²) in [7, 11) is 0. The van der Waals surface area contributed by atoms with E-state index >= 15 is 0 Å². The van der Waals surface area contributed by atoms with Crippen LogP contribution in [0.25, 0.3) is 11.1 Å². The van der Waals surface area contributed by atoms with Gasteiger partial charge in [-0.25, -0.2) is 4.98 Å². The highest BCUT2D eigenvalue weighted by atomic mass is 16.3. The molecule has 15 heavy (non-hydrogen) atoms. The Morgan fingerprint density at radius 3 is 3.00 bits per heavy atom. The zero-order chi connectivity index (χ0) is 10.7. The van der Waals surface area contributed by atoms with Gasteiger partial charge < -0.3 is 9.73 Å². The van der Waals surface area contributed by atoms with Gasteiger partial charge in [-0.3, -0.25) is 4.79 Å². The molecule has 4 heteroatoms. The first kappa shape index (κ1) is 9.71. The third-order valence-corrected chi connectivity index (χ3v) is 2.05. The summed E-state index contributed by atoms with van der Waals surface area (Å²) in [4.78, 5) is 14.9. The number of oxazole rings is 1. The molecule has 0 fully saturated rings. The number of fused-ring (bicyclic) bond motifs is 1. The highest BCUT2D eigenvalue weighted by Gasteiger charge is 2.04. The number of rotatable bonds is 3. The van der Waals surface area contributed by atoms with E-state index in [4.69, 9.17) is 4.42 Å². The summed E-state index contributed by atoms with van der Waals surface area (Å²) < 4.78 is 5.49. The lowest BCUT2D eigenvalue weighted by atomic mass is 10.3. The molecule has 0 radical (unpaired) electrons. The molecule has 0 aliphatic heterocycles. The minimum Gasteiger partial charge on any atom is -0.441 e. The van der Waals surface area contributed by atoms with Crippen molar-refractivity contribution in [2.24, 2.45) is 0 Å². The Bertz CT molecular complexity index is 443. The van der Waals surface area contributed by atoms with Crippen LogP contribution in [0, 0.1) is 0 Å². The Labute approximate surface area is 87.3 Å². The van der Waals surface area contributed by atoms with E-state index in [1.54, 1.807) is 0 Å². The first-order chi connectivity index (χ1) is 7.25. The minimum absolute atomic E-state index is 0.0360. The summed E-state index contributed by atoms with van der Waals surface area (Å²) in [5.74, 6) is 0.621. The number of benzene rings is 1. The van der Waals surface area contributed by atoms with Crippen molar-refractivity contribution >= 4 is 17.0 Å². The second-order valence-electron chi connectivity index (χ2n) is 3.31. The minimum atomic E-state index is -0.0360. The van der Waals surface area contributed by atoms with Crippen molar-refractivity contribution in [3.8, 4) is 0 Å². The monoisotopic (exact) mass is 204 g/mol. The van der Waals surface area contributed by atoms with E-state index in [9.17, 15) is 4.79 Å². The summed E-state index contributed by atoms with van der Waals surface area (Å²) >= 11 is 0. The van der Waals surface area contributed by atoms with Crippen molar-refractivity contribution in [2.75, 3.05) is 6.54 Å². The Balaban J connectivity index is 2.05. The van der Waals surface area contributed by atoms with Crippen LogP contribution in [0.5, 0.6) is 0 Å². The van der Waals surface area contributed by atoms with Crippen LogP contribution < -0.4 is 5.32 Å². The fraction of sp³-hybridized carbons (Fsp3) is 0.273. The molecule has 1 aromatic heterocycles. The fourth-order valence-electron chi connectivity index (χ4n) is 1.37. The number of carbonyl (C=O) groups excluding carboxylic acids is 1. The fourth-order valence-corrected chi connectivity index (χ4v) is 1.37. The van der Waals surface area contributed by atoms with Crippen molar-refractivity contribution in [2.45, 2.75) is 13.3 Å². The Hall–Kier alpha value is -1.84. The predicted octanol–water partition coefficient (Wildman–Crippen LogP) is 1.51. The van der Waals surface area contributed by atoms with Crippen LogP contribution in [0.4, 0.5) is 0 Å². The van der Waals surface area contributed by atoms with Crippen molar-refractivity contribution in [3.05, 3.63) is 30.2 Å². The number of nitrogens with one attached hydrogen (secondary N) is 1. The lowest BCUT2D eigenvalue weighted by molar-refractivity contribution is -0.118. The van der Waals surface area contributed by atoms with Gasteiger partial charge in [0.05, 0.1) is 0 Å². The molecule has 0 aliphatic rings. The molecule has 78 valence electrons. The van der Waals surface area contributed by atoms with Gasteiger partial charge in [0.2, 0.25) is 5.91 Å². The highest BCUT2D eigenvalue weighted by molar-refractivity contribution is 5.73. The molecule has 0 saturated carbocycles. The third-order valence-electron chi connectivity index (χ3n) is 2.05. The third kappa shape index (κ3) is 2.34. The summed E-state index contributed by atoms with van der Waals surface area (Å²) in [6.45, 7) is 2.05. The number of para-hydroxylation sites is 2. The molecule has 0 unspecified atom stereocenters. The van der Waals surface area contributed by atoms with E-state index < -0.39 is 0 Å². The standard InChI is InChI=1S/C11H12N2O2/c1-8(14)12-7-6-11-13-9-4-2-3-5-10(9)15-11/h2-5H,6-7H2,1H3,(H,12,14). The van der Waals surface area contributed by atoms with E-state index in [1.807, 2.05) is 24.3 Å². The number of hydrogen-bond acceptors (Lipinski definition) is 3. The zero-order valence-electron chi connectivity index (χ0n) is 8.49. The van der Waals surface area contributed by atoms with Crippen LogP contribution in [0.15, 0.2) is 28.7 Å². The largest absolute Gasteiger partial charge is 0.441 e. The molecule has 4 nitrogen and oxygen atoms in total. The van der Waals surface area contributed by atoms with Gasteiger partial charge in [-0.2, -0.15) is 0 Å². The van der Waals surface area contributed by atoms with Crippen molar-refractivity contribution < 1.29 is 9.21 Å². The van der Waals surface area contributed by atoms with Gasteiger partial charge in [0.25, 0.3) is 0 Å². The van der Waals surface area contributed by atoms with Crippen molar-refractivity contribution in [1.29, 1.82) is 0 Å². The van der Waals surface area contributed by atoms with Gasteiger partial charge in [-0.15, -0.1) is 0 Å². The second-order valence-corrected chi connectivity index (χ2v) is 3.31. The number of amides is 1. The van der Waals surface area contributed by atoms with Gasteiger partial charge in [-0.05, 0) is 12.1 Å². The van der Waals surface area contributed by atoms with Crippen LogP contribution in [-0.4, -0.2) is 17.4 Å². The summed E-state index contributed by atoms with van der Waals surface area (Å²) in [5.41, 5.74) is 1.64. The molecule has 1 heterocycles. The zero-order valence-corrected chi connectivity index (χ0v) is 8.49. The topological polar surface area (TPSA) is 55.1 Å². The van der Waals surface area contributed by atoms with E-state index in [0.717, 1.165) is 11.1 Å². The van der Waals surface area contributed by atoms with Crippen LogP contribution in [0.1, 0.15) is 12.8 Å². The SMILES string of the molecule is CC(=O)NCCc1nc2ccccc2o1. The molecule has 2 aromatic rings. The van der Waals surface area contributed by atoms with E-state index in [2.05, 4.69) is 10.3 Å². The molecule has 1 aromatic carbocycles. The van der Waals surface area contributed by atoms with Crippen LogP contribution in [-0.2, 0) is 11.2 Å². The lowest BCUT2D eigenvalue weighted by Crippen LogP contribution is -2.22. The van der Waals surface area contributed by atoms with E-state index in [0.29, 0.717) is 18.9 Å².